The number of carbonyl (C=O) groups is 1. The van der Waals surface area contributed by atoms with Crippen molar-refractivity contribution in [1.29, 1.82) is 0 Å². The SMILES string of the molecule is COc1ccc(-c2cnnc(OCc3ccc(OC(F)(F)F)cc3)c2)cc1C1CC1C(=O)O. The third kappa shape index (κ3) is 5.51. The number of ether oxygens (including phenoxy) is 3. The number of benzene rings is 2. The van der Waals surface area contributed by atoms with Gasteiger partial charge in [0.1, 0.15) is 18.1 Å². The molecule has 1 aromatic heterocycles. The van der Waals surface area contributed by atoms with Gasteiger partial charge in [-0.3, -0.25) is 4.79 Å². The second-order valence-corrected chi connectivity index (χ2v) is 7.51. The first kappa shape index (κ1) is 22.4. The van der Waals surface area contributed by atoms with Crippen LogP contribution in [0.4, 0.5) is 13.2 Å². The lowest BCUT2D eigenvalue weighted by Crippen LogP contribution is -2.17. The van der Waals surface area contributed by atoms with Crippen LogP contribution in [0.15, 0.2) is 54.7 Å². The first-order valence-corrected chi connectivity index (χ1v) is 9.95. The van der Waals surface area contributed by atoms with Crippen LogP contribution in [0.5, 0.6) is 17.4 Å². The topological polar surface area (TPSA) is 90.8 Å². The lowest BCUT2D eigenvalue weighted by Gasteiger charge is -2.12. The van der Waals surface area contributed by atoms with Gasteiger partial charge in [0.2, 0.25) is 5.88 Å². The molecule has 3 aromatic rings. The van der Waals surface area contributed by atoms with Crippen molar-refractivity contribution in [2.24, 2.45) is 5.92 Å². The van der Waals surface area contributed by atoms with Crippen molar-refractivity contribution >= 4 is 5.97 Å². The number of methoxy groups -OCH3 is 1. The Kier molecular flexibility index (Phi) is 6.08. The molecule has 0 saturated heterocycles. The molecular formula is C23H19F3N2O5. The maximum Gasteiger partial charge on any atom is 0.573 e. The molecule has 1 fully saturated rings. The number of carboxylic acid groups (broad SMARTS) is 1. The summed E-state index contributed by atoms with van der Waals surface area (Å²) in [4.78, 5) is 11.3. The Morgan fingerprint density at radius 2 is 1.88 bits per heavy atom. The zero-order valence-corrected chi connectivity index (χ0v) is 17.4. The average Bonchev–Trinajstić information content (AvgIpc) is 3.59. The van der Waals surface area contributed by atoms with E-state index in [9.17, 15) is 23.1 Å². The summed E-state index contributed by atoms with van der Waals surface area (Å²) in [5, 5.41) is 17.2. The standard InChI is InChI=1S/C23H19F3N2O5/c1-31-20-7-4-14(8-18(20)17-10-19(17)22(29)30)15-9-21(28-27-11-15)32-12-13-2-5-16(6-3-13)33-23(24,25)26/h2-9,11,17,19H,10,12H2,1H3,(H,29,30). The summed E-state index contributed by atoms with van der Waals surface area (Å²) in [6.45, 7) is 0.0701. The van der Waals surface area contributed by atoms with Crippen molar-refractivity contribution in [1.82, 2.24) is 10.2 Å². The van der Waals surface area contributed by atoms with Gasteiger partial charge in [0.05, 0.1) is 19.2 Å². The fourth-order valence-corrected chi connectivity index (χ4v) is 3.54. The van der Waals surface area contributed by atoms with Gasteiger partial charge in [-0.15, -0.1) is 18.3 Å². The summed E-state index contributed by atoms with van der Waals surface area (Å²) in [6.07, 6.45) is -2.63. The molecule has 1 aliphatic rings. The highest BCUT2D eigenvalue weighted by atomic mass is 19.4. The van der Waals surface area contributed by atoms with Gasteiger partial charge < -0.3 is 19.3 Å². The van der Waals surface area contributed by atoms with Crippen molar-refractivity contribution in [3.05, 3.63) is 65.9 Å². The predicted octanol–water partition coefficient (Wildman–Crippen LogP) is 4.82. The first-order chi connectivity index (χ1) is 15.7. The number of carboxylic acids is 1. The van der Waals surface area contributed by atoms with Crippen LogP contribution in [0.2, 0.25) is 0 Å². The van der Waals surface area contributed by atoms with E-state index in [0.29, 0.717) is 23.3 Å². The third-order valence-electron chi connectivity index (χ3n) is 5.25. The Morgan fingerprint density at radius 3 is 2.52 bits per heavy atom. The predicted molar refractivity (Wildman–Crippen MR) is 110 cm³/mol. The number of aliphatic carboxylic acids is 1. The molecule has 7 nitrogen and oxygen atoms in total. The highest BCUT2D eigenvalue weighted by molar-refractivity contribution is 5.76. The van der Waals surface area contributed by atoms with E-state index in [2.05, 4.69) is 14.9 Å². The van der Waals surface area contributed by atoms with Crippen LogP contribution in [0.25, 0.3) is 11.1 Å². The zero-order chi connectivity index (χ0) is 23.6. The molecule has 10 heteroatoms. The molecule has 1 saturated carbocycles. The van der Waals surface area contributed by atoms with Gasteiger partial charge in [0, 0.05) is 17.5 Å². The number of alkyl halides is 3. The Labute approximate surface area is 186 Å². The molecule has 2 aromatic carbocycles. The third-order valence-corrected chi connectivity index (χ3v) is 5.25. The van der Waals surface area contributed by atoms with Crippen molar-refractivity contribution in [3.63, 3.8) is 0 Å². The molecule has 4 rings (SSSR count). The Bertz CT molecular complexity index is 1150. The molecule has 1 N–H and O–H groups in total. The maximum atomic E-state index is 12.3. The van der Waals surface area contributed by atoms with Gasteiger partial charge in [0.15, 0.2) is 0 Å². The van der Waals surface area contributed by atoms with E-state index in [0.717, 1.165) is 11.1 Å². The molecule has 1 heterocycles. The van der Waals surface area contributed by atoms with Gasteiger partial charge in [-0.05, 0) is 47.4 Å². The molecule has 0 bridgehead atoms. The molecule has 0 aliphatic heterocycles. The lowest BCUT2D eigenvalue weighted by molar-refractivity contribution is -0.274. The zero-order valence-electron chi connectivity index (χ0n) is 17.4. The van der Waals surface area contributed by atoms with E-state index in [1.165, 1.54) is 24.3 Å². The molecule has 2 atom stereocenters. The number of rotatable bonds is 8. The number of halogens is 3. The Morgan fingerprint density at radius 1 is 1.12 bits per heavy atom. The summed E-state index contributed by atoms with van der Waals surface area (Å²) >= 11 is 0. The van der Waals surface area contributed by atoms with Crippen LogP contribution in [-0.4, -0.2) is 34.7 Å². The van der Waals surface area contributed by atoms with Crippen molar-refractivity contribution in [3.8, 4) is 28.5 Å². The normalized spacial score (nSPS) is 17.3. The smallest absolute Gasteiger partial charge is 0.496 e. The van der Waals surface area contributed by atoms with E-state index in [1.54, 1.807) is 25.4 Å². The highest BCUT2D eigenvalue weighted by Gasteiger charge is 2.45. The first-order valence-electron chi connectivity index (χ1n) is 9.95. The summed E-state index contributed by atoms with van der Waals surface area (Å²) in [6, 6.07) is 12.5. The summed E-state index contributed by atoms with van der Waals surface area (Å²) < 4.78 is 51.7. The number of nitrogens with zero attached hydrogens (tertiary/aromatic N) is 2. The van der Waals surface area contributed by atoms with Crippen LogP contribution >= 0.6 is 0 Å². The van der Waals surface area contributed by atoms with Crippen LogP contribution in [0.3, 0.4) is 0 Å². The minimum Gasteiger partial charge on any atom is -0.496 e. The fraction of sp³-hybridized carbons (Fsp3) is 0.261. The van der Waals surface area contributed by atoms with E-state index >= 15 is 0 Å². The van der Waals surface area contributed by atoms with Crippen LogP contribution in [0.1, 0.15) is 23.5 Å². The van der Waals surface area contributed by atoms with Crippen LogP contribution in [-0.2, 0) is 11.4 Å². The van der Waals surface area contributed by atoms with Crippen molar-refractivity contribution in [2.45, 2.75) is 25.3 Å². The number of hydrogen-bond donors (Lipinski definition) is 1. The minimum atomic E-state index is -4.75. The molecule has 1 aliphatic carbocycles. The molecule has 0 radical (unpaired) electrons. The second-order valence-electron chi connectivity index (χ2n) is 7.51. The highest BCUT2D eigenvalue weighted by Crippen LogP contribution is 2.51. The number of hydrogen-bond acceptors (Lipinski definition) is 6. The second kappa shape index (κ2) is 8.97. The summed E-state index contributed by atoms with van der Waals surface area (Å²) in [5.74, 6) is -0.807. The van der Waals surface area contributed by atoms with Gasteiger partial charge in [-0.2, -0.15) is 5.10 Å². The maximum absolute atomic E-state index is 12.3. The molecule has 33 heavy (non-hydrogen) atoms. The van der Waals surface area contributed by atoms with Crippen molar-refractivity contribution in [2.75, 3.05) is 7.11 Å². The molecule has 172 valence electrons. The van der Waals surface area contributed by atoms with E-state index in [-0.39, 0.29) is 24.2 Å². The number of aromatic nitrogens is 2. The largest absolute Gasteiger partial charge is 0.573 e. The van der Waals surface area contributed by atoms with Gasteiger partial charge in [-0.25, -0.2) is 0 Å². The Balaban J connectivity index is 1.46. The van der Waals surface area contributed by atoms with Crippen molar-refractivity contribution < 1.29 is 37.3 Å². The monoisotopic (exact) mass is 460 g/mol. The molecular weight excluding hydrogens is 441 g/mol. The van der Waals surface area contributed by atoms with Gasteiger partial charge in [-0.1, -0.05) is 18.2 Å². The van der Waals surface area contributed by atoms with Gasteiger partial charge in [0.25, 0.3) is 0 Å². The van der Waals surface area contributed by atoms with Gasteiger partial charge >= 0.3 is 12.3 Å². The fourth-order valence-electron chi connectivity index (χ4n) is 3.54. The molecule has 0 spiro atoms. The Hall–Kier alpha value is -3.82. The van der Waals surface area contributed by atoms with E-state index < -0.39 is 18.2 Å². The molecule has 0 amide bonds. The van der Waals surface area contributed by atoms with Crippen LogP contribution < -0.4 is 14.2 Å². The quantitative estimate of drug-likeness (QED) is 0.516. The molecule has 2 unspecified atom stereocenters. The summed E-state index contributed by atoms with van der Waals surface area (Å²) in [7, 11) is 1.54. The lowest BCUT2D eigenvalue weighted by atomic mass is 10.0. The van der Waals surface area contributed by atoms with E-state index in [4.69, 9.17) is 9.47 Å². The van der Waals surface area contributed by atoms with E-state index in [1.807, 2.05) is 12.1 Å². The summed E-state index contributed by atoms with van der Waals surface area (Å²) in [5.41, 5.74) is 2.96. The van der Waals surface area contributed by atoms with Crippen LogP contribution in [0, 0.1) is 5.92 Å². The minimum absolute atomic E-state index is 0.0701. The average molecular weight is 460 g/mol.